The van der Waals surface area contributed by atoms with E-state index in [4.69, 9.17) is 9.72 Å². The van der Waals surface area contributed by atoms with Gasteiger partial charge in [0, 0.05) is 58.5 Å². The molecule has 9 aromatic rings. The van der Waals surface area contributed by atoms with E-state index in [1.54, 1.807) is 0 Å². The van der Waals surface area contributed by atoms with Crippen molar-refractivity contribution in [3.8, 4) is 29.0 Å². The van der Waals surface area contributed by atoms with Crippen molar-refractivity contribution < 1.29 is 4.74 Å². The number of pyridine rings is 2. The highest BCUT2D eigenvalue weighted by molar-refractivity contribution is 6.10. The summed E-state index contributed by atoms with van der Waals surface area (Å²) in [6.45, 7) is 6.47. The van der Waals surface area contributed by atoms with Crippen LogP contribution in [0.25, 0.3) is 61.1 Å². The second kappa shape index (κ2) is 10.4. The fraction of sp³-hybridized carbons (Fsp3) is 0.0750. The summed E-state index contributed by atoms with van der Waals surface area (Å²) in [5.41, 5.74) is 8.93. The maximum Gasteiger partial charge on any atom is 0.219 e. The molecule has 0 atom stereocenters. The van der Waals surface area contributed by atoms with Gasteiger partial charge in [-0.1, -0.05) is 42.0 Å². The van der Waals surface area contributed by atoms with Crippen molar-refractivity contribution in [1.29, 1.82) is 0 Å². The molecule has 0 saturated heterocycles. The largest absolute Gasteiger partial charge is 0.457 e. The molecule has 9 rings (SSSR count). The lowest BCUT2D eigenvalue weighted by atomic mass is 10.1. The summed E-state index contributed by atoms with van der Waals surface area (Å²) in [4.78, 5) is 14.0. The summed E-state index contributed by atoms with van der Waals surface area (Å²) in [5.74, 6) is 3.14. The average molecular weight is 611 g/mol. The van der Waals surface area contributed by atoms with Gasteiger partial charge < -0.3 is 4.74 Å². The Hall–Kier alpha value is -6.21. The van der Waals surface area contributed by atoms with Crippen molar-refractivity contribution in [3.05, 3.63) is 145 Å². The van der Waals surface area contributed by atoms with Gasteiger partial charge in [0.1, 0.15) is 17.3 Å². The van der Waals surface area contributed by atoms with Gasteiger partial charge in [-0.05, 0) is 80.4 Å². The quantitative estimate of drug-likeness (QED) is 0.195. The van der Waals surface area contributed by atoms with Gasteiger partial charge in [-0.15, -0.1) is 0 Å². The predicted molar refractivity (Wildman–Crippen MR) is 189 cm³/mol. The van der Waals surface area contributed by atoms with E-state index in [0.717, 1.165) is 72.6 Å². The second-order valence-corrected chi connectivity index (χ2v) is 12.1. The van der Waals surface area contributed by atoms with E-state index in [9.17, 15) is 0 Å². The molecule has 0 aliphatic heterocycles. The molecule has 0 amide bonds. The van der Waals surface area contributed by atoms with Gasteiger partial charge in [0.25, 0.3) is 0 Å². The van der Waals surface area contributed by atoms with E-state index >= 15 is 0 Å². The Morgan fingerprint density at radius 3 is 1.98 bits per heavy atom. The molecule has 0 unspecified atom stereocenters. The Morgan fingerprint density at radius 2 is 1.23 bits per heavy atom. The zero-order valence-electron chi connectivity index (χ0n) is 26.2. The van der Waals surface area contributed by atoms with Crippen LogP contribution < -0.4 is 4.74 Å². The highest BCUT2D eigenvalue weighted by Gasteiger charge is 2.19. The average Bonchev–Trinajstić information content (AvgIpc) is 3.77. The molecule has 0 fully saturated rings. The van der Waals surface area contributed by atoms with Crippen LogP contribution in [0.1, 0.15) is 16.7 Å². The molecule has 0 bridgehead atoms. The van der Waals surface area contributed by atoms with Gasteiger partial charge >= 0.3 is 0 Å². The monoisotopic (exact) mass is 610 g/mol. The molecule has 0 saturated carbocycles. The third-order valence-electron chi connectivity index (χ3n) is 9.00. The number of imidazole rings is 1. The second-order valence-electron chi connectivity index (χ2n) is 12.1. The third-order valence-corrected chi connectivity index (χ3v) is 9.00. The van der Waals surface area contributed by atoms with Crippen LogP contribution in [0.4, 0.5) is 0 Å². The molecule has 0 aliphatic carbocycles. The maximum absolute atomic E-state index is 6.63. The van der Waals surface area contributed by atoms with Gasteiger partial charge in [0.05, 0.1) is 34.0 Å². The van der Waals surface area contributed by atoms with Crippen molar-refractivity contribution in [2.75, 3.05) is 0 Å². The topological polar surface area (TPSA) is 62.7 Å². The summed E-state index contributed by atoms with van der Waals surface area (Å²) < 4.78 is 13.2. The first kappa shape index (κ1) is 27.1. The molecule has 0 N–H and O–H groups in total. The number of aromatic nitrogens is 6. The van der Waals surface area contributed by atoms with Crippen molar-refractivity contribution in [2.45, 2.75) is 20.8 Å². The van der Waals surface area contributed by atoms with E-state index in [-0.39, 0.29) is 0 Å². The van der Waals surface area contributed by atoms with E-state index in [1.807, 2.05) is 67.4 Å². The van der Waals surface area contributed by atoms with Crippen molar-refractivity contribution in [1.82, 2.24) is 28.7 Å². The Labute approximate surface area is 271 Å². The molecular formula is C40H30N6O. The molecule has 5 heterocycles. The van der Waals surface area contributed by atoms with E-state index in [1.165, 1.54) is 16.7 Å². The van der Waals surface area contributed by atoms with Crippen LogP contribution in [0.3, 0.4) is 0 Å². The lowest BCUT2D eigenvalue weighted by Crippen LogP contribution is -2.07. The van der Waals surface area contributed by atoms with Gasteiger partial charge in [-0.25, -0.2) is 9.97 Å². The zero-order chi connectivity index (χ0) is 31.6. The molecule has 0 aliphatic rings. The van der Waals surface area contributed by atoms with Crippen LogP contribution in [0, 0.1) is 20.8 Å². The zero-order valence-corrected chi connectivity index (χ0v) is 26.2. The number of nitrogens with zero attached hydrogens (tertiary/aromatic N) is 6. The minimum absolute atomic E-state index is 0.736. The first-order valence-electron chi connectivity index (χ1n) is 15.7. The molecule has 7 heteroatoms. The molecular weight excluding hydrogens is 580 g/mol. The number of aryl methyl sites for hydroxylation is 3. The summed E-state index contributed by atoms with van der Waals surface area (Å²) >= 11 is 0. The number of ether oxygens (including phenoxy) is 1. The molecule has 0 spiro atoms. The van der Waals surface area contributed by atoms with Gasteiger partial charge in [-0.2, -0.15) is 0 Å². The third kappa shape index (κ3) is 4.24. The van der Waals surface area contributed by atoms with E-state index in [2.05, 4.69) is 105 Å². The predicted octanol–water partition coefficient (Wildman–Crippen LogP) is 9.57. The number of rotatable bonds is 5. The van der Waals surface area contributed by atoms with Crippen molar-refractivity contribution >= 4 is 43.6 Å². The molecule has 226 valence electrons. The Morgan fingerprint density at radius 1 is 0.553 bits per heavy atom. The summed E-state index contributed by atoms with van der Waals surface area (Å²) in [6.07, 6.45) is 9.45. The summed E-state index contributed by atoms with van der Waals surface area (Å²) in [5, 5.41) is 4.53. The first-order valence-corrected chi connectivity index (χ1v) is 15.7. The smallest absolute Gasteiger partial charge is 0.219 e. The van der Waals surface area contributed by atoms with Crippen LogP contribution in [0.5, 0.6) is 11.5 Å². The van der Waals surface area contributed by atoms with Crippen molar-refractivity contribution in [3.63, 3.8) is 0 Å². The minimum Gasteiger partial charge on any atom is -0.457 e. The minimum atomic E-state index is 0.736. The maximum atomic E-state index is 6.63. The van der Waals surface area contributed by atoms with E-state index < -0.39 is 0 Å². The van der Waals surface area contributed by atoms with Crippen LogP contribution in [-0.2, 0) is 0 Å². The molecule has 0 radical (unpaired) electrons. The van der Waals surface area contributed by atoms with Crippen LogP contribution in [0.15, 0.2) is 128 Å². The van der Waals surface area contributed by atoms with Gasteiger partial charge in [-0.3, -0.25) is 18.7 Å². The van der Waals surface area contributed by atoms with Gasteiger partial charge in [0.2, 0.25) is 5.95 Å². The highest BCUT2D eigenvalue weighted by atomic mass is 16.5. The number of benzene rings is 4. The van der Waals surface area contributed by atoms with Gasteiger partial charge in [0.15, 0.2) is 0 Å². The summed E-state index contributed by atoms with van der Waals surface area (Å²) in [6, 6.07) is 33.5. The van der Waals surface area contributed by atoms with Crippen LogP contribution >= 0.6 is 0 Å². The lowest BCUT2D eigenvalue weighted by molar-refractivity contribution is 0.484. The Bertz CT molecular complexity index is 2620. The summed E-state index contributed by atoms with van der Waals surface area (Å²) in [7, 11) is 0. The molecule has 7 nitrogen and oxygen atoms in total. The first-order chi connectivity index (χ1) is 23.0. The fourth-order valence-corrected chi connectivity index (χ4v) is 7.20. The van der Waals surface area contributed by atoms with Crippen LogP contribution in [-0.4, -0.2) is 28.7 Å². The normalized spacial score (nSPS) is 11.7. The number of hydrogen-bond donors (Lipinski definition) is 0. The SMILES string of the molecule is Cc1cc(C)c(-n2ccnc2-n2c3ccccc3c3ccc(Oc4ccc5c6ccncc6n(-c6ccccn6)c5c4)cc32)c(C)c1. The van der Waals surface area contributed by atoms with Crippen LogP contribution in [0.2, 0.25) is 0 Å². The van der Waals surface area contributed by atoms with E-state index in [0.29, 0.717) is 0 Å². The Kier molecular flexibility index (Phi) is 6.02. The highest BCUT2D eigenvalue weighted by Crippen LogP contribution is 2.38. The molecule has 4 aromatic carbocycles. The standard InChI is InChI=1S/C40H30N6O/c1-25-20-26(2)39(27(3)21-25)44-19-18-43-40(44)46-34-9-5-4-8-30(34)31-13-11-29(23-36(31)46)47-28-12-14-32-33-15-17-41-24-37(33)45(35(32)22-28)38-10-6-7-16-42-38/h4-24H,1-3H3. The van der Waals surface area contributed by atoms with Crippen molar-refractivity contribution in [2.24, 2.45) is 0 Å². The number of para-hydroxylation sites is 1. The molecule has 5 aromatic heterocycles. The Balaban J connectivity index is 1.21. The number of fused-ring (bicyclic) bond motifs is 6. The lowest BCUT2D eigenvalue weighted by Gasteiger charge is -2.16. The number of hydrogen-bond acceptors (Lipinski definition) is 4. The molecule has 47 heavy (non-hydrogen) atoms. The fourth-order valence-electron chi connectivity index (χ4n) is 7.20.